The van der Waals surface area contributed by atoms with Gasteiger partial charge in [-0.2, -0.15) is 10.2 Å². The normalized spacial score (nSPS) is 11.3. The highest BCUT2D eigenvalue weighted by Gasteiger charge is 2.20. The van der Waals surface area contributed by atoms with Crippen LogP contribution in [-0.2, 0) is 11.3 Å². The molecule has 0 aliphatic heterocycles. The largest absolute Gasteiger partial charge is 0.324 e. The second-order valence-electron chi connectivity index (χ2n) is 7.71. The van der Waals surface area contributed by atoms with Crippen LogP contribution in [0.5, 0.6) is 0 Å². The molecule has 0 aliphatic carbocycles. The van der Waals surface area contributed by atoms with Gasteiger partial charge in [0.1, 0.15) is 17.9 Å². The summed E-state index contributed by atoms with van der Waals surface area (Å²) in [6.45, 7) is 5.63. The van der Waals surface area contributed by atoms with Crippen molar-refractivity contribution in [2.75, 3.05) is 5.32 Å². The topological polar surface area (TPSA) is 81.8 Å². The Balaban J connectivity index is 1.76. The Morgan fingerprint density at radius 1 is 1.10 bits per heavy atom. The summed E-state index contributed by atoms with van der Waals surface area (Å²) in [5, 5.41) is 12.2. The van der Waals surface area contributed by atoms with Crippen LogP contribution in [0.25, 0.3) is 16.6 Å². The third kappa shape index (κ3) is 4.09. The van der Waals surface area contributed by atoms with Crippen LogP contribution >= 0.6 is 0 Å². The molecule has 8 heteroatoms. The maximum Gasteiger partial charge on any atom is 0.293 e. The average molecular weight is 419 g/mol. The highest BCUT2D eigenvalue weighted by molar-refractivity contribution is 5.90. The number of nitrogens with one attached hydrogen (secondary N) is 1. The predicted molar refractivity (Wildman–Crippen MR) is 117 cm³/mol. The van der Waals surface area contributed by atoms with Gasteiger partial charge in [-0.1, -0.05) is 31.5 Å². The molecule has 0 saturated carbocycles. The quantitative estimate of drug-likeness (QED) is 0.534. The monoisotopic (exact) mass is 419 g/mol. The molecule has 0 spiro atoms. The summed E-state index contributed by atoms with van der Waals surface area (Å²) in [7, 11) is 0. The summed E-state index contributed by atoms with van der Waals surface area (Å²) in [5.41, 5.74) is 2.78. The molecule has 0 unspecified atom stereocenters. The molecule has 4 aromatic rings. The standard InChI is InChI=1S/C23H22FN5O2/c1-14(2)21-19-12-25-29(18-10-6-16(24)7-11-18)22(19)23(31)28(27-21)13-20(30)26-17-8-4-15(3)5-9-17/h4-12,14H,13H2,1-3H3,(H,26,30). The van der Waals surface area contributed by atoms with Crippen LogP contribution < -0.4 is 10.9 Å². The number of fused-ring (bicyclic) bond motifs is 1. The first-order chi connectivity index (χ1) is 14.8. The van der Waals surface area contributed by atoms with E-state index in [9.17, 15) is 14.0 Å². The Hall–Kier alpha value is -3.81. The van der Waals surface area contributed by atoms with Crippen LogP contribution in [0, 0.1) is 12.7 Å². The number of carbonyl (C=O) groups excluding carboxylic acids is 1. The van der Waals surface area contributed by atoms with E-state index in [0.717, 1.165) is 10.2 Å². The van der Waals surface area contributed by atoms with Gasteiger partial charge in [0.05, 0.1) is 17.6 Å². The Morgan fingerprint density at radius 2 is 1.77 bits per heavy atom. The second kappa shape index (κ2) is 8.14. The third-order valence-electron chi connectivity index (χ3n) is 4.96. The fourth-order valence-electron chi connectivity index (χ4n) is 3.38. The molecule has 31 heavy (non-hydrogen) atoms. The first-order valence-corrected chi connectivity index (χ1v) is 9.94. The molecular weight excluding hydrogens is 397 g/mol. The first kappa shape index (κ1) is 20.5. The van der Waals surface area contributed by atoms with Gasteiger partial charge in [-0.3, -0.25) is 9.59 Å². The lowest BCUT2D eigenvalue weighted by atomic mass is 10.1. The number of carbonyl (C=O) groups is 1. The van der Waals surface area contributed by atoms with E-state index in [2.05, 4.69) is 15.5 Å². The number of nitrogens with zero attached hydrogens (tertiary/aromatic N) is 4. The summed E-state index contributed by atoms with van der Waals surface area (Å²) in [5.74, 6) is -0.740. The minimum Gasteiger partial charge on any atom is -0.324 e. The summed E-state index contributed by atoms with van der Waals surface area (Å²) >= 11 is 0. The van der Waals surface area contributed by atoms with Gasteiger partial charge in [0.25, 0.3) is 5.56 Å². The number of benzene rings is 2. The predicted octanol–water partition coefficient (Wildman–Crippen LogP) is 3.79. The minimum atomic E-state index is -0.444. The molecule has 1 amide bonds. The Bertz CT molecular complexity index is 1310. The van der Waals surface area contributed by atoms with E-state index in [-0.39, 0.29) is 24.2 Å². The van der Waals surface area contributed by atoms with Crippen molar-refractivity contribution in [3.63, 3.8) is 0 Å². The van der Waals surface area contributed by atoms with Crippen molar-refractivity contribution >= 4 is 22.5 Å². The van der Waals surface area contributed by atoms with Crippen molar-refractivity contribution in [2.24, 2.45) is 0 Å². The van der Waals surface area contributed by atoms with Gasteiger partial charge >= 0.3 is 0 Å². The van der Waals surface area contributed by atoms with Crippen LogP contribution in [0.1, 0.15) is 31.0 Å². The number of hydrogen-bond acceptors (Lipinski definition) is 4. The maximum atomic E-state index is 13.4. The lowest BCUT2D eigenvalue weighted by molar-refractivity contribution is -0.117. The van der Waals surface area contributed by atoms with Gasteiger partial charge in [-0.25, -0.2) is 13.8 Å². The smallest absolute Gasteiger partial charge is 0.293 e. The number of hydrogen-bond donors (Lipinski definition) is 1. The lowest BCUT2D eigenvalue weighted by Gasteiger charge is -2.12. The number of amides is 1. The van der Waals surface area contributed by atoms with E-state index < -0.39 is 5.56 Å². The minimum absolute atomic E-state index is 0.000350. The fraction of sp³-hybridized carbons (Fsp3) is 0.217. The highest BCUT2D eigenvalue weighted by Crippen LogP contribution is 2.23. The van der Waals surface area contributed by atoms with E-state index in [1.807, 2.05) is 32.9 Å². The zero-order valence-corrected chi connectivity index (χ0v) is 17.5. The molecule has 4 rings (SSSR count). The molecule has 2 aromatic heterocycles. The fourth-order valence-corrected chi connectivity index (χ4v) is 3.38. The SMILES string of the molecule is Cc1ccc(NC(=O)Cn2nc(C(C)C)c3cnn(-c4ccc(F)cc4)c3c2=O)cc1. The molecule has 0 bridgehead atoms. The van der Waals surface area contributed by atoms with E-state index >= 15 is 0 Å². The number of halogens is 1. The third-order valence-corrected chi connectivity index (χ3v) is 4.96. The van der Waals surface area contributed by atoms with Gasteiger partial charge in [0.2, 0.25) is 5.91 Å². The highest BCUT2D eigenvalue weighted by atomic mass is 19.1. The zero-order valence-electron chi connectivity index (χ0n) is 17.5. The van der Waals surface area contributed by atoms with Crippen molar-refractivity contribution in [1.82, 2.24) is 19.6 Å². The first-order valence-electron chi connectivity index (χ1n) is 9.94. The number of rotatable bonds is 5. The van der Waals surface area contributed by atoms with Crippen molar-refractivity contribution in [3.05, 3.63) is 82.2 Å². The molecule has 0 radical (unpaired) electrons. The summed E-state index contributed by atoms with van der Waals surface area (Å²) < 4.78 is 16.0. The van der Waals surface area contributed by atoms with E-state index in [1.54, 1.807) is 30.5 Å². The number of aryl methyl sites for hydroxylation is 1. The van der Waals surface area contributed by atoms with Crippen LogP contribution in [0.4, 0.5) is 10.1 Å². The van der Waals surface area contributed by atoms with Gasteiger partial charge in [0, 0.05) is 11.1 Å². The van der Waals surface area contributed by atoms with Gasteiger partial charge in [-0.15, -0.1) is 0 Å². The Labute approximate surface area is 178 Å². The molecule has 0 saturated heterocycles. The summed E-state index contributed by atoms with van der Waals surface area (Å²) in [6, 6.07) is 13.1. The molecule has 1 N–H and O–H groups in total. The molecular formula is C23H22FN5O2. The van der Waals surface area contributed by atoms with Crippen molar-refractivity contribution in [2.45, 2.75) is 33.2 Å². The average Bonchev–Trinajstić information content (AvgIpc) is 3.17. The molecule has 0 atom stereocenters. The van der Waals surface area contributed by atoms with Gasteiger partial charge < -0.3 is 5.32 Å². The van der Waals surface area contributed by atoms with Gasteiger partial charge in [0.15, 0.2) is 0 Å². The molecule has 0 aliphatic rings. The van der Waals surface area contributed by atoms with Crippen molar-refractivity contribution < 1.29 is 9.18 Å². The summed E-state index contributed by atoms with van der Waals surface area (Å²) in [6.07, 6.45) is 1.58. The van der Waals surface area contributed by atoms with Crippen molar-refractivity contribution in [1.29, 1.82) is 0 Å². The van der Waals surface area contributed by atoms with Crippen LogP contribution in [0.2, 0.25) is 0 Å². The molecule has 7 nitrogen and oxygen atoms in total. The van der Waals surface area contributed by atoms with Crippen LogP contribution in [-0.4, -0.2) is 25.5 Å². The molecule has 0 fully saturated rings. The number of aromatic nitrogens is 4. The summed E-state index contributed by atoms with van der Waals surface area (Å²) in [4.78, 5) is 25.8. The number of anilines is 1. The van der Waals surface area contributed by atoms with Crippen LogP contribution in [0.3, 0.4) is 0 Å². The Kier molecular flexibility index (Phi) is 5.37. The Morgan fingerprint density at radius 3 is 2.42 bits per heavy atom. The lowest BCUT2D eigenvalue weighted by Crippen LogP contribution is -2.31. The zero-order chi connectivity index (χ0) is 22.1. The van der Waals surface area contributed by atoms with E-state index in [1.165, 1.54) is 16.8 Å². The van der Waals surface area contributed by atoms with E-state index in [4.69, 9.17) is 0 Å². The molecule has 158 valence electrons. The maximum absolute atomic E-state index is 13.4. The molecule has 2 aromatic carbocycles. The van der Waals surface area contributed by atoms with E-state index in [0.29, 0.717) is 28.0 Å². The van der Waals surface area contributed by atoms with Crippen LogP contribution in [0.15, 0.2) is 59.5 Å². The van der Waals surface area contributed by atoms with Crippen molar-refractivity contribution in [3.8, 4) is 5.69 Å². The molecule has 2 heterocycles. The van der Waals surface area contributed by atoms with Gasteiger partial charge in [-0.05, 0) is 49.2 Å². The second-order valence-corrected chi connectivity index (χ2v) is 7.71.